The number of aromatic nitrogens is 4. The van der Waals surface area contributed by atoms with Gasteiger partial charge in [-0.1, -0.05) is 28.8 Å². The Labute approximate surface area is 113 Å². The van der Waals surface area contributed by atoms with Gasteiger partial charge in [0.15, 0.2) is 0 Å². The summed E-state index contributed by atoms with van der Waals surface area (Å²) in [6.45, 7) is 0. The fourth-order valence-electron chi connectivity index (χ4n) is 1.94. The molecular formula is C11H8ClN7. The smallest absolute Gasteiger partial charge is 0.249 e. The van der Waals surface area contributed by atoms with Crippen molar-refractivity contribution in [2.45, 2.75) is 6.17 Å². The molecule has 94 valence electrons. The lowest BCUT2D eigenvalue weighted by Gasteiger charge is -2.23. The molecule has 1 unspecified atom stereocenters. The Kier molecular flexibility index (Phi) is 2.67. The molecule has 1 aromatic heterocycles. The first-order valence-corrected chi connectivity index (χ1v) is 5.79. The second kappa shape index (κ2) is 4.35. The topological polar surface area (TPSA) is 105 Å². The van der Waals surface area contributed by atoms with Crippen molar-refractivity contribution in [3.8, 4) is 6.07 Å². The highest BCUT2D eigenvalue weighted by Gasteiger charge is 2.27. The molecule has 0 bridgehead atoms. The lowest BCUT2D eigenvalue weighted by Crippen LogP contribution is -2.37. The van der Waals surface area contributed by atoms with Gasteiger partial charge < -0.3 is 11.1 Å². The molecule has 0 amide bonds. The summed E-state index contributed by atoms with van der Waals surface area (Å²) in [5, 5.41) is 23.9. The molecule has 1 aliphatic rings. The van der Waals surface area contributed by atoms with E-state index in [2.05, 4.69) is 26.9 Å². The van der Waals surface area contributed by atoms with E-state index in [1.54, 1.807) is 18.2 Å². The minimum absolute atomic E-state index is 0.349. The van der Waals surface area contributed by atoms with Crippen LogP contribution >= 0.6 is 11.6 Å². The third kappa shape index (κ3) is 1.83. The molecule has 0 fully saturated rings. The highest BCUT2D eigenvalue weighted by atomic mass is 35.5. The summed E-state index contributed by atoms with van der Waals surface area (Å²) in [7, 11) is 0. The molecule has 3 N–H and O–H groups in total. The Morgan fingerprint density at radius 3 is 3.05 bits per heavy atom. The normalized spacial score (nSPS) is 17.6. The van der Waals surface area contributed by atoms with Gasteiger partial charge in [-0.2, -0.15) is 9.94 Å². The van der Waals surface area contributed by atoms with Crippen LogP contribution in [0.2, 0.25) is 5.02 Å². The molecule has 1 aliphatic heterocycles. The van der Waals surface area contributed by atoms with Gasteiger partial charge in [-0.3, -0.25) is 0 Å². The summed E-state index contributed by atoms with van der Waals surface area (Å²) in [4.78, 5) is 0. The number of anilines is 1. The number of benzene rings is 1. The Morgan fingerprint density at radius 1 is 1.47 bits per heavy atom. The summed E-state index contributed by atoms with van der Waals surface area (Å²) in [5.41, 5.74) is 7.51. The maximum atomic E-state index is 9.28. The van der Waals surface area contributed by atoms with Gasteiger partial charge in [-0.25, -0.2) is 0 Å². The number of nitriles is 1. The summed E-state index contributed by atoms with van der Waals surface area (Å²) in [5.74, 6) is 0.390. The van der Waals surface area contributed by atoms with Gasteiger partial charge in [0.2, 0.25) is 5.95 Å². The van der Waals surface area contributed by atoms with Crippen LogP contribution in [0, 0.1) is 11.3 Å². The summed E-state index contributed by atoms with van der Waals surface area (Å²) in [6, 6.07) is 9.18. The van der Waals surface area contributed by atoms with Gasteiger partial charge in [0.05, 0.1) is 11.3 Å². The van der Waals surface area contributed by atoms with E-state index in [1.165, 1.54) is 4.68 Å². The highest BCUT2D eigenvalue weighted by Crippen LogP contribution is 2.29. The summed E-state index contributed by atoms with van der Waals surface area (Å²) >= 11 is 5.98. The second-order valence-corrected chi connectivity index (χ2v) is 4.36. The number of nitrogens with one attached hydrogen (secondary N) is 1. The molecule has 3 rings (SSSR count). The molecule has 1 atom stereocenters. The van der Waals surface area contributed by atoms with Gasteiger partial charge in [0, 0.05) is 10.6 Å². The van der Waals surface area contributed by atoms with E-state index in [0.717, 1.165) is 5.56 Å². The van der Waals surface area contributed by atoms with Crippen LogP contribution in [0.4, 0.5) is 5.95 Å². The Morgan fingerprint density at radius 2 is 2.32 bits per heavy atom. The number of rotatable bonds is 1. The highest BCUT2D eigenvalue weighted by molar-refractivity contribution is 6.30. The van der Waals surface area contributed by atoms with Crippen LogP contribution in [-0.2, 0) is 0 Å². The van der Waals surface area contributed by atoms with Gasteiger partial charge in [0.25, 0.3) is 0 Å². The largest absolute Gasteiger partial charge is 0.333 e. The number of halogens is 1. The first-order valence-electron chi connectivity index (χ1n) is 5.42. The predicted molar refractivity (Wildman–Crippen MR) is 68.8 cm³/mol. The van der Waals surface area contributed by atoms with Crippen molar-refractivity contribution in [2.75, 3.05) is 5.32 Å². The third-order valence-corrected chi connectivity index (χ3v) is 2.99. The van der Waals surface area contributed by atoms with Crippen molar-refractivity contribution in [1.82, 2.24) is 20.2 Å². The number of hydrogen-bond donors (Lipinski definition) is 2. The van der Waals surface area contributed by atoms with Gasteiger partial charge in [-0.15, -0.1) is 0 Å². The zero-order valence-corrected chi connectivity index (χ0v) is 10.3. The predicted octanol–water partition coefficient (Wildman–Crippen LogP) is 0.820. The van der Waals surface area contributed by atoms with Crippen molar-refractivity contribution in [1.29, 1.82) is 5.26 Å². The quantitative estimate of drug-likeness (QED) is 0.797. The summed E-state index contributed by atoms with van der Waals surface area (Å²) < 4.78 is 1.44. The first-order chi connectivity index (χ1) is 9.20. The van der Waals surface area contributed by atoms with Crippen LogP contribution in [-0.4, -0.2) is 26.4 Å². The number of nitrogens with two attached hydrogens (primary N) is 1. The maximum Gasteiger partial charge on any atom is 0.249 e. The van der Waals surface area contributed by atoms with Crippen LogP contribution in [0.25, 0.3) is 5.70 Å². The van der Waals surface area contributed by atoms with Crippen molar-refractivity contribution < 1.29 is 0 Å². The maximum absolute atomic E-state index is 9.28. The lowest BCUT2D eigenvalue weighted by molar-refractivity contribution is 0.766. The molecule has 19 heavy (non-hydrogen) atoms. The molecule has 0 aliphatic carbocycles. The molecule has 0 spiro atoms. The molecular weight excluding hydrogens is 266 g/mol. The monoisotopic (exact) mass is 273 g/mol. The zero-order chi connectivity index (χ0) is 13.4. The van der Waals surface area contributed by atoms with Gasteiger partial charge in [0.1, 0.15) is 12.2 Å². The average molecular weight is 274 g/mol. The Hall–Kier alpha value is -2.43. The molecule has 0 saturated heterocycles. The molecule has 8 heteroatoms. The lowest BCUT2D eigenvalue weighted by atomic mass is 10.0. The number of nitrogens with zero attached hydrogens (tertiary/aromatic N) is 5. The van der Waals surface area contributed by atoms with Crippen molar-refractivity contribution in [3.63, 3.8) is 0 Å². The molecule has 0 saturated carbocycles. The van der Waals surface area contributed by atoms with Gasteiger partial charge >= 0.3 is 0 Å². The van der Waals surface area contributed by atoms with E-state index in [-0.39, 0.29) is 0 Å². The standard InChI is InChI=1S/C11H8ClN7/c12-7-3-1-2-6(4-7)9-8(5-13)10(14)15-11-16-17-18-19(9)11/h1-4,10H,14H2,(H,15,16,18). The van der Waals surface area contributed by atoms with Crippen molar-refractivity contribution in [2.24, 2.45) is 5.73 Å². The van der Waals surface area contributed by atoms with E-state index < -0.39 is 6.17 Å². The fourth-order valence-corrected chi connectivity index (χ4v) is 2.13. The average Bonchev–Trinajstić information content (AvgIpc) is 2.84. The number of fused-ring (bicyclic) bond motifs is 1. The number of hydrogen-bond acceptors (Lipinski definition) is 6. The molecule has 1 aromatic carbocycles. The van der Waals surface area contributed by atoms with Crippen LogP contribution < -0.4 is 11.1 Å². The number of tetrazole rings is 1. The van der Waals surface area contributed by atoms with E-state index in [4.69, 9.17) is 17.3 Å². The van der Waals surface area contributed by atoms with Crippen molar-refractivity contribution >= 4 is 23.2 Å². The Bertz CT molecular complexity index is 712. The van der Waals surface area contributed by atoms with Crippen LogP contribution in [0.15, 0.2) is 29.8 Å². The minimum atomic E-state index is -0.655. The SMILES string of the molecule is N#CC1=C(c2cccc(Cl)c2)n2nnnc2NC1N. The van der Waals surface area contributed by atoms with Crippen LogP contribution in [0.5, 0.6) is 0 Å². The van der Waals surface area contributed by atoms with E-state index in [0.29, 0.717) is 22.2 Å². The Balaban J connectivity index is 2.28. The molecule has 0 radical (unpaired) electrons. The van der Waals surface area contributed by atoms with Crippen LogP contribution in [0.1, 0.15) is 5.56 Å². The fraction of sp³-hybridized carbons (Fsp3) is 0.0909. The zero-order valence-electron chi connectivity index (χ0n) is 9.58. The van der Waals surface area contributed by atoms with E-state index in [9.17, 15) is 5.26 Å². The van der Waals surface area contributed by atoms with Crippen molar-refractivity contribution in [3.05, 3.63) is 40.4 Å². The van der Waals surface area contributed by atoms with E-state index in [1.807, 2.05) is 6.07 Å². The third-order valence-electron chi connectivity index (χ3n) is 2.75. The first kappa shape index (κ1) is 11.6. The van der Waals surface area contributed by atoms with Gasteiger partial charge in [-0.05, 0) is 22.6 Å². The molecule has 2 heterocycles. The molecule has 7 nitrogen and oxygen atoms in total. The molecule has 2 aromatic rings. The minimum Gasteiger partial charge on any atom is -0.333 e. The van der Waals surface area contributed by atoms with Crippen LogP contribution in [0.3, 0.4) is 0 Å². The second-order valence-electron chi connectivity index (χ2n) is 3.92. The summed E-state index contributed by atoms with van der Waals surface area (Å²) in [6.07, 6.45) is -0.655. The van der Waals surface area contributed by atoms with E-state index >= 15 is 0 Å².